The predicted octanol–water partition coefficient (Wildman–Crippen LogP) is -0.381. The fourth-order valence-corrected chi connectivity index (χ4v) is 4.82. The van der Waals surface area contributed by atoms with Crippen LogP contribution in [-0.4, -0.2) is 94.5 Å². The van der Waals surface area contributed by atoms with Gasteiger partial charge in [-0.2, -0.15) is 11.8 Å². The van der Waals surface area contributed by atoms with Crippen LogP contribution in [0.4, 0.5) is 0 Å². The van der Waals surface area contributed by atoms with Crippen LogP contribution in [0, 0.1) is 0 Å². The molecule has 1 N–H and O–H groups in total. The van der Waals surface area contributed by atoms with Gasteiger partial charge in [-0.1, -0.05) is 0 Å². The molecule has 0 aromatic rings. The van der Waals surface area contributed by atoms with Gasteiger partial charge in [0.25, 0.3) is 5.91 Å². The summed E-state index contributed by atoms with van der Waals surface area (Å²) in [6, 6.07) is 0.248. The van der Waals surface area contributed by atoms with Gasteiger partial charge < -0.3 is 14.9 Å². The number of rotatable bonds is 2. The summed E-state index contributed by atoms with van der Waals surface area (Å²) in [5.41, 5.74) is -1.15. The lowest BCUT2D eigenvalue weighted by molar-refractivity contribution is -0.151. The smallest absolute Gasteiger partial charge is 0.255 e. The Labute approximate surface area is 135 Å². The zero-order valence-electron chi connectivity index (χ0n) is 13.2. The summed E-state index contributed by atoms with van der Waals surface area (Å²) in [5, 5.41) is 10.4. The number of piperazine rings is 1. The number of hydrogen-bond donors (Lipinski definition) is 1. The number of likely N-dealkylation sites (N-methyl/N-ethyl adjacent to an activating group) is 1. The van der Waals surface area contributed by atoms with Crippen molar-refractivity contribution in [3.05, 3.63) is 0 Å². The van der Waals surface area contributed by atoms with Gasteiger partial charge in [0, 0.05) is 38.0 Å². The van der Waals surface area contributed by atoms with E-state index < -0.39 is 5.60 Å². The summed E-state index contributed by atoms with van der Waals surface area (Å²) in [7, 11) is 1.97. The van der Waals surface area contributed by atoms with E-state index in [1.165, 1.54) is 0 Å². The van der Waals surface area contributed by atoms with E-state index in [-0.39, 0.29) is 17.9 Å². The quantitative estimate of drug-likeness (QED) is 0.749. The van der Waals surface area contributed by atoms with Crippen LogP contribution in [0.1, 0.15) is 19.3 Å². The van der Waals surface area contributed by atoms with E-state index >= 15 is 0 Å². The van der Waals surface area contributed by atoms with Crippen molar-refractivity contribution in [2.45, 2.75) is 30.9 Å². The zero-order valence-corrected chi connectivity index (χ0v) is 14.0. The van der Waals surface area contributed by atoms with Gasteiger partial charge in [0.05, 0.1) is 6.54 Å². The highest BCUT2D eigenvalue weighted by Crippen LogP contribution is 2.31. The molecule has 3 heterocycles. The molecule has 3 rings (SSSR count). The van der Waals surface area contributed by atoms with Crippen molar-refractivity contribution in [2.75, 3.05) is 51.3 Å². The normalized spacial score (nSPS) is 31.8. The van der Waals surface area contributed by atoms with Gasteiger partial charge >= 0.3 is 0 Å². The van der Waals surface area contributed by atoms with Crippen molar-refractivity contribution in [2.24, 2.45) is 0 Å². The second-order valence-electron chi connectivity index (χ2n) is 6.68. The minimum atomic E-state index is -1.15. The van der Waals surface area contributed by atoms with Gasteiger partial charge in [0.1, 0.15) is 0 Å². The lowest BCUT2D eigenvalue weighted by atomic mass is 9.97. The lowest BCUT2D eigenvalue weighted by Crippen LogP contribution is -2.57. The Morgan fingerprint density at radius 2 is 2.00 bits per heavy atom. The highest BCUT2D eigenvalue weighted by molar-refractivity contribution is 7.99. The first-order chi connectivity index (χ1) is 10.5. The highest BCUT2D eigenvalue weighted by Gasteiger charge is 2.43. The Balaban J connectivity index is 1.54. The minimum absolute atomic E-state index is 0.111. The first-order valence-electron chi connectivity index (χ1n) is 8.07. The van der Waals surface area contributed by atoms with Crippen molar-refractivity contribution >= 4 is 23.6 Å². The average Bonchev–Trinajstić information content (AvgIpc) is 2.95. The van der Waals surface area contributed by atoms with E-state index in [9.17, 15) is 14.7 Å². The van der Waals surface area contributed by atoms with Gasteiger partial charge in [-0.15, -0.1) is 0 Å². The number of carbonyl (C=O) groups is 2. The van der Waals surface area contributed by atoms with Gasteiger partial charge in [-0.05, 0) is 32.1 Å². The lowest BCUT2D eigenvalue weighted by Gasteiger charge is -2.43. The number of nitrogens with zero attached hydrogens (tertiary/aromatic N) is 3. The number of piperidine rings is 1. The van der Waals surface area contributed by atoms with Gasteiger partial charge in [0.15, 0.2) is 5.60 Å². The van der Waals surface area contributed by atoms with Crippen LogP contribution in [0.5, 0.6) is 0 Å². The third-order valence-corrected chi connectivity index (χ3v) is 6.21. The molecular formula is C15H25N3O3S. The van der Waals surface area contributed by atoms with Gasteiger partial charge in [-0.25, -0.2) is 0 Å². The molecule has 6 nitrogen and oxygen atoms in total. The van der Waals surface area contributed by atoms with Crippen LogP contribution >= 0.6 is 11.8 Å². The second kappa shape index (κ2) is 6.37. The fourth-order valence-electron chi connectivity index (χ4n) is 3.59. The van der Waals surface area contributed by atoms with E-state index in [4.69, 9.17) is 0 Å². The third kappa shape index (κ3) is 3.12. The van der Waals surface area contributed by atoms with E-state index in [1.54, 1.807) is 16.7 Å². The maximum Gasteiger partial charge on any atom is 0.255 e. The maximum absolute atomic E-state index is 12.5. The molecule has 0 bridgehead atoms. The summed E-state index contributed by atoms with van der Waals surface area (Å²) >= 11 is 1.64. The van der Waals surface area contributed by atoms with Crippen LogP contribution < -0.4 is 0 Å². The minimum Gasteiger partial charge on any atom is -0.379 e. The van der Waals surface area contributed by atoms with Crippen molar-refractivity contribution in [3.63, 3.8) is 0 Å². The number of hydrogen-bond acceptors (Lipinski definition) is 5. The van der Waals surface area contributed by atoms with Crippen LogP contribution in [0.3, 0.4) is 0 Å². The predicted molar refractivity (Wildman–Crippen MR) is 85.7 cm³/mol. The van der Waals surface area contributed by atoms with Crippen molar-refractivity contribution < 1.29 is 14.7 Å². The van der Waals surface area contributed by atoms with E-state index in [0.29, 0.717) is 31.8 Å². The topological polar surface area (TPSA) is 64.1 Å². The molecule has 22 heavy (non-hydrogen) atoms. The molecule has 0 aromatic carbocycles. The molecule has 7 heteroatoms. The van der Waals surface area contributed by atoms with E-state index in [0.717, 1.165) is 31.7 Å². The Morgan fingerprint density at radius 3 is 2.59 bits per heavy atom. The largest absolute Gasteiger partial charge is 0.379 e. The highest BCUT2D eigenvalue weighted by atomic mass is 32.2. The Bertz CT molecular complexity index is 445. The molecule has 0 aliphatic carbocycles. The molecule has 3 aliphatic heterocycles. The molecule has 3 aliphatic rings. The molecule has 0 radical (unpaired) electrons. The van der Waals surface area contributed by atoms with Crippen LogP contribution in [0.25, 0.3) is 0 Å². The van der Waals surface area contributed by atoms with Crippen LogP contribution in [0.2, 0.25) is 0 Å². The first-order valence-corrected chi connectivity index (χ1v) is 9.22. The summed E-state index contributed by atoms with van der Waals surface area (Å²) in [6.45, 7) is 3.50. The number of likely N-dealkylation sites (tertiary alicyclic amines) is 1. The van der Waals surface area contributed by atoms with Crippen molar-refractivity contribution in [3.8, 4) is 0 Å². The second-order valence-corrected chi connectivity index (χ2v) is 7.79. The van der Waals surface area contributed by atoms with Crippen LogP contribution in [-0.2, 0) is 9.59 Å². The van der Waals surface area contributed by atoms with Crippen molar-refractivity contribution in [1.29, 1.82) is 0 Å². The average molecular weight is 327 g/mol. The fraction of sp³-hybridized carbons (Fsp3) is 0.867. The molecule has 3 saturated heterocycles. The number of thioether (sulfide) groups is 1. The van der Waals surface area contributed by atoms with Crippen LogP contribution in [0.15, 0.2) is 0 Å². The van der Waals surface area contributed by atoms with E-state index in [2.05, 4.69) is 0 Å². The standard InChI is InChI=1S/C15H25N3O3S/c1-16-7-8-18(13(19)10-16)12-2-5-17(6-3-12)14(20)15(21)4-9-22-11-15/h12,21H,2-11H2,1H3. The molecule has 0 saturated carbocycles. The molecule has 1 unspecified atom stereocenters. The van der Waals surface area contributed by atoms with Crippen molar-refractivity contribution in [1.82, 2.24) is 14.7 Å². The zero-order chi connectivity index (χ0) is 15.7. The number of carbonyl (C=O) groups excluding carboxylic acids is 2. The summed E-state index contributed by atoms with van der Waals surface area (Å²) in [5.74, 6) is 1.46. The summed E-state index contributed by atoms with van der Waals surface area (Å²) < 4.78 is 0. The molecule has 3 fully saturated rings. The van der Waals surface area contributed by atoms with Gasteiger partial charge in [-0.3, -0.25) is 14.5 Å². The Hall–Kier alpha value is -0.790. The molecule has 124 valence electrons. The monoisotopic (exact) mass is 327 g/mol. The first kappa shape index (κ1) is 16.1. The molecule has 0 aromatic heterocycles. The molecule has 1 atom stereocenters. The Kier molecular flexibility index (Phi) is 4.66. The third-order valence-electron chi connectivity index (χ3n) is 5.04. The van der Waals surface area contributed by atoms with E-state index in [1.807, 2.05) is 16.8 Å². The van der Waals surface area contributed by atoms with Gasteiger partial charge in [0.2, 0.25) is 5.91 Å². The number of amides is 2. The summed E-state index contributed by atoms with van der Waals surface area (Å²) in [4.78, 5) is 30.5. The molecular weight excluding hydrogens is 302 g/mol. The maximum atomic E-state index is 12.5. The molecule has 0 spiro atoms. The number of aliphatic hydroxyl groups is 1. The Morgan fingerprint density at radius 1 is 1.27 bits per heavy atom. The summed E-state index contributed by atoms with van der Waals surface area (Å²) in [6.07, 6.45) is 2.21. The molecule has 2 amide bonds. The SMILES string of the molecule is CN1CCN(C2CCN(C(=O)C3(O)CCSC3)CC2)C(=O)C1.